The molecule has 7 heteroatoms. The molecular weight excluding hydrogens is 302 g/mol. The maximum atomic E-state index is 12.5. The van der Waals surface area contributed by atoms with Gasteiger partial charge in [0.1, 0.15) is 11.4 Å². The number of hydrogen-bond acceptors (Lipinski definition) is 3. The average molecular weight is 320 g/mol. The Morgan fingerprint density at radius 3 is 2.45 bits per heavy atom. The van der Waals surface area contributed by atoms with Crippen molar-refractivity contribution in [3.05, 3.63) is 28.8 Å². The summed E-state index contributed by atoms with van der Waals surface area (Å²) in [5.41, 5.74) is 0.836. The minimum absolute atomic E-state index is 0.00773. The fourth-order valence-corrected chi connectivity index (χ4v) is 3.89. The van der Waals surface area contributed by atoms with Crippen LogP contribution < -0.4 is 0 Å². The molecule has 0 atom stereocenters. The van der Waals surface area contributed by atoms with Crippen LogP contribution in [-0.2, 0) is 14.8 Å². The van der Waals surface area contributed by atoms with E-state index in [1.165, 1.54) is 6.07 Å². The third kappa shape index (κ3) is 4.19. The van der Waals surface area contributed by atoms with Crippen LogP contribution in [0.3, 0.4) is 0 Å². The average Bonchev–Trinajstić information content (AvgIpc) is 2.26. The van der Waals surface area contributed by atoms with Crippen molar-refractivity contribution in [1.82, 2.24) is 4.31 Å². The zero-order valence-electron chi connectivity index (χ0n) is 11.6. The van der Waals surface area contributed by atoms with Crippen LogP contribution in [0.2, 0.25) is 5.02 Å². The van der Waals surface area contributed by atoms with Gasteiger partial charge in [0.15, 0.2) is 0 Å². The first-order valence-corrected chi connectivity index (χ1v) is 7.94. The topological polar surface area (TPSA) is 74.7 Å². The molecule has 112 valence electrons. The van der Waals surface area contributed by atoms with Crippen molar-refractivity contribution in [1.29, 1.82) is 0 Å². The zero-order valence-corrected chi connectivity index (χ0v) is 13.2. The molecular formula is C13H18ClNO4S. The van der Waals surface area contributed by atoms with Crippen molar-refractivity contribution >= 4 is 27.6 Å². The van der Waals surface area contributed by atoms with Crippen molar-refractivity contribution in [3.8, 4) is 0 Å². The molecule has 0 aliphatic rings. The normalized spacial score (nSPS) is 12.1. The molecule has 1 N–H and O–H groups in total. The van der Waals surface area contributed by atoms with Gasteiger partial charge in [-0.05, 0) is 30.5 Å². The molecule has 5 nitrogen and oxygen atoms in total. The Bertz CT molecular complexity index is 598. The number of carboxylic acid groups (broad SMARTS) is 1. The first-order chi connectivity index (χ1) is 9.14. The van der Waals surface area contributed by atoms with E-state index in [0.29, 0.717) is 0 Å². The number of hydrogen-bond donors (Lipinski definition) is 1. The summed E-state index contributed by atoms with van der Waals surface area (Å²) in [4.78, 5) is 10.8. The van der Waals surface area contributed by atoms with Crippen molar-refractivity contribution < 1.29 is 18.3 Å². The van der Waals surface area contributed by atoms with E-state index in [0.717, 1.165) is 9.87 Å². The molecule has 20 heavy (non-hydrogen) atoms. The highest BCUT2D eigenvalue weighted by Crippen LogP contribution is 2.26. The standard InChI is InChI=1S/C13H18ClNO4S/c1-9(2)7-15(8-13(16)17)20(18,19)12-5-4-10(3)6-11(12)14/h4-6,9H,7-8H2,1-3H3,(H,16,17). The Kier molecular flexibility index (Phi) is 5.56. The summed E-state index contributed by atoms with van der Waals surface area (Å²) in [5.74, 6) is -1.19. The Morgan fingerprint density at radius 1 is 1.40 bits per heavy atom. The van der Waals surface area contributed by atoms with Crippen LogP contribution >= 0.6 is 11.6 Å². The first kappa shape index (κ1) is 16.9. The summed E-state index contributed by atoms with van der Waals surface area (Å²) >= 11 is 5.98. The largest absolute Gasteiger partial charge is 0.480 e. The quantitative estimate of drug-likeness (QED) is 0.873. The van der Waals surface area contributed by atoms with Gasteiger partial charge in [0.25, 0.3) is 0 Å². The van der Waals surface area contributed by atoms with Crippen LogP contribution in [-0.4, -0.2) is 36.9 Å². The highest BCUT2D eigenvalue weighted by atomic mass is 35.5. The molecule has 0 aliphatic carbocycles. The van der Waals surface area contributed by atoms with Crippen LogP contribution in [0.4, 0.5) is 0 Å². The number of sulfonamides is 1. The number of carboxylic acids is 1. The molecule has 0 bridgehead atoms. The lowest BCUT2D eigenvalue weighted by Crippen LogP contribution is -2.38. The van der Waals surface area contributed by atoms with E-state index < -0.39 is 22.5 Å². The molecule has 1 rings (SSSR count). The van der Waals surface area contributed by atoms with E-state index in [1.54, 1.807) is 19.1 Å². The number of aryl methyl sites for hydroxylation is 1. The Labute approximate surface area is 124 Å². The molecule has 0 aliphatic heterocycles. The number of benzene rings is 1. The van der Waals surface area contributed by atoms with Gasteiger partial charge in [-0.2, -0.15) is 4.31 Å². The molecule has 1 aromatic carbocycles. The summed E-state index contributed by atoms with van der Waals surface area (Å²) in [6.07, 6.45) is 0. The predicted molar refractivity (Wildman–Crippen MR) is 77.4 cm³/mol. The second kappa shape index (κ2) is 6.56. The van der Waals surface area contributed by atoms with Crippen LogP contribution in [0.25, 0.3) is 0 Å². The van der Waals surface area contributed by atoms with Gasteiger partial charge in [-0.25, -0.2) is 8.42 Å². The number of nitrogens with zero attached hydrogens (tertiary/aromatic N) is 1. The Hall–Kier alpha value is -1.11. The fourth-order valence-electron chi connectivity index (χ4n) is 1.76. The van der Waals surface area contributed by atoms with Crippen molar-refractivity contribution in [2.75, 3.05) is 13.1 Å². The van der Waals surface area contributed by atoms with Gasteiger partial charge < -0.3 is 5.11 Å². The van der Waals surface area contributed by atoms with E-state index >= 15 is 0 Å². The van der Waals surface area contributed by atoms with Crippen LogP contribution in [0.5, 0.6) is 0 Å². The zero-order chi connectivity index (χ0) is 15.5. The minimum Gasteiger partial charge on any atom is -0.480 e. The highest BCUT2D eigenvalue weighted by Gasteiger charge is 2.29. The first-order valence-electron chi connectivity index (χ1n) is 6.12. The van der Waals surface area contributed by atoms with Gasteiger partial charge in [-0.15, -0.1) is 0 Å². The molecule has 0 radical (unpaired) electrons. The van der Waals surface area contributed by atoms with Gasteiger partial charge in [-0.1, -0.05) is 31.5 Å². The van der Waals surface area contributed by atoms with E-state index in [4.69, 9.17) is 16.7 Å². The van der Waals surface area contributed by atoms with Gasteiger partial charge in [-0.3, -0.25) is 4.79 Å². The highest BCUT2D eigenvalue weighted by molar-refractivity contribution is 7.89. The third-order valence-corrected chi connectivity index (χ3v) is 4.88. The molecule has 0 unspecified atom stereocenters. The van der Waals surface area contributed by atoms with E-state index in [-0.39, 0.29) is 22.4 Å². The lowest BCUT2D eigenvalue weighted by Gasteiger charge is -2.22. The predicted octanol–water partition coefficient (Wildman–Crippen LogP) is 2.38. The van der Waals surface area contributed by atoms with Gasteiger partial charge >= 0.3 is 5.97 Å². The number of carbonyl (C=O) groups is 1. The SMILES string of the molecule is Cc1ccc(S(=O)(=O)N(CC(=O)O)CC(C)C)c(Cl)c1. The van der Waals surface area contributed by atoms with Gasteiger partial charge in [0.2, 0.25) is 10.0 Å². The molecule has 0 amide bonds. The van der Waals surface area contributed by atoms with Crippen LogP contribution in [0.1, 0.15) is 19.4 Å². The third-order valence-electron chi connectivity index (χ3n) is 2.59. The lowest BCUT2D eigenvalue weighted by atomic mass is 10.2. The summed E-state index contributed by atoms with van der Waals surface area (Å²) < 4.78 is 26.0. The molecule has 0 spiro atoms. The Balaban J connectivity index is 3.24. The number of rotatable bonds is 6. The molecule has 0 saturated carbocycles. The Morgan fingerprint density at radius 2 is 2.00 bits per heavy atom. The second-order valence-corrected chi connectivity index (χ2v) is 7.33. The molecule has 1 aromatic rings. The second-order valence-electron chi connectivity index (χ2n) is 5.02. The maximum absolute atomic E-state index is 12.5. The maximum Gasteiger partial charge on any atom is 0.318 e. The van der Waals surface area contributed by atoms with E-state index in [1.807, 2.05) is 13.8 Å². The molecule has 0 saturated heterocycles. The van der Waals surface area contributed by atoms with Crippen molar-refractivity contribution in [2.24, 2.45) is 5.92 Å². The number of halogens is 1. The summed E-state index contributed by atoms with van der Waals surface area (Å²) in [6, 6.07) is 4.58. The molecule has 0 heterocycles. The monoisotopic (exact) mass is 319 g/mol. The van der Waals surface area contributed by atoms with Crippen LogP contribution in [0, 0.1) is 12.8 Å². The smallest absolute Gasteiger partial charge is 0.318 e. The lowest BCUT2D eigenvalue weighted by molar-refractivity contribution is -0.137. The molecule has 0 aromatic heterocycles. The minimum atomic E-state index is -3.92. The summed E-state index contributed by atoms with van der Waals surface area (Å²) in [5, 5.41) is 8.98. The number of aliphatic carboxylic acids is 1. The van der Waals surface area contributed by atoms with E-state index in [9.17, 15) is 13.2 Å². The van der Waals surface area contributed by atoms with E-state index in [2.05, 4.69) is 0 Å². The molecule has 0 fully saturated rings. The summed E-state index contributed by atoms with van der Waals surface area (Å²) in [6.45, 7) is 4.98. The van der Waals surface area contributed by atoms with Gasteiger partial charge in [0, 0.05) is 6.54 Å². The van der Waals surface area contributed by atoms with Crippen molar-refractivity contribution in [3.63, 3.8) is 0 Å². The fraction of sp³-hybridized carbons (Fsp3) is 0.462. The van der Waals surface area contributed by atoms with Crippen LogP contribution in [0.15, 0.2) is 23.1 Å². The summed E-state index contributed by atoms with van der Waals surface area (Å²) in [7, 11) is -3.92. The van der Waals surface area contributed by atoms with Crippen molar-refractivity contribution in [2.45, 2.75) is 25.7 Å². The van der Waals surface area contributed by atoms with Gasteiger partial charge in [0.05, 0.1) is 5.02 Å².